The summed E-state index contributed by atoms with van der Waals surface area (Å²) in [6, 6.07) is 16.0. The van der Waals surface area contributed by atoms with Crippen molar-refractivity contribution in [2.45, 2.75) is 31.2 Å². The SMILES string of the molecule is CCCN(Cc1ccccc1)C(=O)CCNS(=O)(=O)c1ccccc1Cl. The molecule has 26 heavy (non-hydrogen) atoms. The fourth-order valence-corrected chi connectivity index (χ4v) is 4.11. The number of benzene rings is 2. The number of amides is 1. The highest BCUT2D eigenvalue weighted by atomic mass is 35.5. The predicted octanol–water partition coefficient (Wildman–Crippen LogP) is 3.45. The number of hydrogen-bond acceptors (Lipinski definition) is 3. The van der Waals surface area contributed by atoms with Gasteiger partial charge < -0.3 is 4.90 Å². The molecule has 0 unspecified atom stereocenters. The number of rotatable bonds is 9. The van der Waals surface area contributed by atoms with Crippen molar-refractivity contribution in [3.8, 4) is 0 Å². The molecule has 0 atom stereocenters. The van der Waals surface area contributed by atoms with Crippen LogP contribution in [0.5, 0.6) is 0 Å². The predicted molar refractivity (Wildman–Crippen MR) is 103 cm³/mol. The minimum absolute atomic E-state index is 0.0174. The van der Waals surface area contributed by atoms with Crippen LogP contribution in [-0.2, 0) is 21.4 Å². The lowest BCUT2D eigenvalue weighted by Crippen LogP contribution is -2.34. The van der Waals surface area contributed by atoms with Crippen molar-refractivity contribution < 1.29 is 13.2 Å². The molecule has 0 radical (unpaired) electrons. The fourth-order valence-electron chi connectivity index (χ4n) is 2.56. The minimum Gasteiger partial charge on any atom is -0.338 e. The van der Waals surface area contributed by atoms with E-state index >= 15 is 0 Å². The maximum atomic E-state index is 12.5. The molecule has 2 aromatic rings. The fraction of sp³-hybridized carbons (Fsp3) is 0.316. The summed E-state index contributed by atoms with van der Waals surface area (Å²) in [4.78, 5) is 14.3. The molecule has 5 nitrogen and oxygen atoms in total. The Labute approximate surface area is 160 Å². The van der Waals surface area contributed by atoms with Crippen LogP contribution < -0.4 is 4.72 Å². The Bertz CT molecular complexity index is 826. The van der Waals surface area contributed by atoms with Gasteiger partial charge in [0.05, 0.1) is 5.02 Å². The van der Waals surface area contributed by atoms with E-state index in [1.165, 1.54) is 12.1 Å². The van der Waals surface area contributed by atoms with Crippen molar-refractivity contribution in [1.82, 2.24) is 9.62 Å². The summed E-state index contributed by atoms with van der Waals surface area (Å²) >= 11 is 5.94. The summed E-state index contributed by atoms with van der Waals surface area (Å²) in [6.07, 6.45) is 0.931. The zero-order valence-corrected chi connectivity index (χ0v) is 16.3. The van der Waals surface area contributed by atoms with Crippen molar-refractivity contribution >= 4 is 27.5 Å². The largest absolute Gasteiger partial charge is 0.338 e. The Morgan fingerprint density at radius 3 is 2.38 bits per heavy atom. The molecule has 0 heterocycles. The number of carbonyl (C=O) groups is 1. The van der Waals surface area contributed by atoms with Crippen LogP contribution in [0.25, 0.3) is 0 Å². The van der Waals surface area contributed by atoms with Gasteiger partial charge in [0.15, 0.2) is 0 Å². The van der Waals surface area contributed by atoms with Gasteiger partial charge in [-0.25, -0.2) is 13.1 Å². The third-order valence-corrected chi connectivity index (χ3v) is 5.78. The van der Waals surface area contributed by atoms with E-state index in [1.54, 1.807) is 17.0 Å². The quantitative estimate of drug-likeness (QED) is 0.708. The Hall–Kier alpha value is -1.89. The highest BCUT2D eigenvalue weighted by molar-refractivity contribution is 7.89. The molecule has 1 N–H and O–H groups in total. The second kappa shape index (κ2) is 9.71. The Morgan fingerprint density at radius 2 is 1.73 bits per heavy atom. The average molecular weight is 395 g/mol. The molecular formula is C19H23ClN2O3S. The monoisotopic (exact) mass is 394 g/mol. The zero-order valence-electron chi connectivity index (χ0n) is 14.7. The van der Waals surface area contributed by atoms with Gasteiger partial charge in [0.2, 0.25) is 15.9 Å². The van der Waals surface area contributed by atoms with Gasteiger partial charge in [-0.2, -0.15) is 0 Å². The van der Waals surface area contributed by atoms with E-state index in [2.05, 4.69) is 4.72 Å². The highest BCUT2D eigenvalue weighted by Crippen LogP contribution is 2.20. The molecule has 0 bridgehead atoms. The van der Waals surface area contributed by atoms with E-state index in [0.29, 0.717) is 13.1 Å². The van der Waals surface area contributed by atoms with Crippen LogP contribution in [0.15, 0.2) is 59.5 Å². The zero-order chi connectivity index (χ0) is 19.0. The summed E-state index contributed by atoms with van der Waals surface area (Å²) < 4.78 is 27.0. The molecule has 1 amide bonds. The maximum absolute atomic E-state index is 12.5. The summed E-state index contributed by atoms with van der Waals surface area (Å²) in [5.41, 5.74) is 1.05. The first-order valence-electron chi connectivity index (χ1n) is 8.50. The number of carbonyl (C=O) groups excluding carboxylic acids is 1. The van der Waals surface area contributed by atoms with Gasteiger partial charge in [-0.1, -0.05) is 61.0 Å². The van der Waals surface area contributed by atoms with Crippen LogP contribution in [-0.4, -0.2) is 32.3 Å². The van der Waals surface area contributed by atoms with Crippen LogP contribution in [0.2, 0.25) is 5.02 Å². The molecule has 0 aliphatic carbocycles. The topological polar surface area (TPSA) is 66.5 Å². The van der Waals surface area contributed by atoms with Crippen molar-refractivity contribution in [1.29, 1.82) is 0 Å². The van der Waals surface area contributed by atoms with Crippen LogP contribution in [0.3, 0.4) is 0 Å². The maximum Gasteiger partial charge on any atom is 0.242 e. The first-order valence-corrected chi connectivity index (χ1v) is 10.4. The molecular weight excluding hydrogens is 372 g/mol. The number of nitrogens with zero attached hydrogens (tertiary/aromatic N) is 1. The van der Waals surface area contributed by atoms with Crippen molar-refractivity contribution in [3.63, 3.8) is 0 Å². The smallest absolute Gasteiger partial charge is 0.242 e. The molecule has 0 saturated carbocycles. The molecule has 0 aliphatic heterocycles. The third-order valence-electron chi connectivity index (χ3n) is 3.82. The van der Waals surface area contributed by atoms with Crippen molar-refractivity contribution in [2.24, 2.45) is 0 Å². The first kappa shape index (κ1) is 20.4. The summed E-state index contributed by atoms with van der Waals surface area (Å²) in [6.45, 7) is 3.18. The molecule has 0 aliphatic rings. The van der Waals surface area contributed by atoms with Crippen LogP contribution in [0.4, 0.5) is 0 Å². The lowest BCUT2D eigenvalue weighted by atomic mass is 10.2. The van der Waals surface area contributed by atoms with Gasteiger partial charge in [0, 0.05) is 26.1 Å². The molecule has 140 valence electrons. The van der Waals surface area contributed by atoms with E-state index in [0.717, 1.165) is 12.0 Å². The molecule has 0 aromatic heterocycles. The summed E-state index contributed by atoms with van der Waals surface area (Å²) in [5, 5.41) is 0.156. The van der Waals surface area contributed by atoms with Crippen LogP contribution in [0.1, 0.15) is 25.3 Å². The van der Waals surface area contributed by atoms with E-state index in [4.69, 9.17) is 11.6 Å². The minimum atomic E-state index is -3.74. The summed E-state index contributed by atoms with van der Waals surface area (Å²) in [7, 11) is -3.74. The molecule has 2 rings (SSSR count). The lowest BCUT2D eigenvalue weighted by molar-refractivity contribution is -0.131. The van der Waals surface area contributed by atoms with E-state index < -0.39 is 10.0 Å². The van der Waals surface area contributed by atoms with Gasteiger partial charge in [-0.05, 0) is 24.1 Å². The van der Waals surface area contributed by atoms with Gasteiger partial charge in [-0.15, -0.1) is 0 Å². The summed E-state index contributed by atoms with van der Waals surface area (Å²) in [5.74, 6) is -0.0856. The third kappa shape index (κ3) is 5.83. The second-order valence-corrected chi connectivity index (χ2v) is 8.02. The van der Waals surface area contributed by atoms with Gasteiger partial charge in [0.1, 0.15) is 4.90 Å². The van der Waals surface area contributed by atoms with Gasteiger partial charge in [-0.3, -0.25) is 4.79 Å². The van der Waals surface area contributed by atoms with Crippen molar-refractivity contribution in [2.75, 3.05) is 13.1 Å². The Balaban J connectivity index is 1.94. The first-order chi connectivity index (χ1) is 12.4. The number of halogens is 1. The highest BCUT2D eigenvalue weighted by Gasteiger charge is 2.19. The average Bonchev–Trinajstić information content (AvgIpc) is 2.62. The number of nitrogens with one attached hydrogen (secondary N) is 1. The van der Waals surface area contributed by atoms with Crippen molar-refractivity contribution in [3.05, 3.63) is 65.2 Å². The Morgan fingerprint density at radius 1 is 1.08 bits per heavy atom. The number of hydrogen-bond donors (Lipinski definition) is 1. The Kier molecular flexibility index (Phi) is 7.63. The van der Waals surface area contributed by atoms with Gasteiger partial charge >= 0.3 is 0 Å². The van der Waals surface area contributed by atoms with E-state index in [1.807, 2.05) is 37.3 Å². The molecule has 2 aromatic carbocycles. The van der Waals surface area contributed by atoms with E-state index in [-0.39, 0.29) is 28.8 Å². The van der Waals surface area contributed by atoms with Crippen LogP contribution >= 0.6 is 11.6 Å². The molecule has 0 saturated heterocycles. The normalized spacial score (nSPS) is 11.3. The second-order valence-electron chi connectivity index (χ2n) is 5.88. The standard InChI is InChI=1S/C19H23ClN2O3S/c1-2-14-22(15-16-8-4-3-5-9-16)19(23)12-13-21-26(24,25)18-11-7-6-10-17(18)20/h3-11,21H,2,12-15H2,1H3. The molecule has 7 heteroatoms. The lowest BCUT2D eigenvalue weighted by Gasteiger charge is -2.22. The molecule has 0 fully saturated rings. The van der Waals surface area contributed by atoms with Crippen LogP contribution in [0, 0.1) is 0 Å². The molecule has 0 spiro atoms. The van der Waals surface area contributed by atoms with E-state index in [9.17, 15) is 13.2 Å². The number of sulfonamides is 1. The van der Waals surface area contributed by atoms with Gasteiger partial charge in [0.25, 0.3) is 0 Å².